The van der Waals surface area contributed by atoms with E-state index >= 15 is 0 Å². The van der Waals surface area contributed by atoms with Crippen LogP contribution in [-0.4, -0.2) is 29.9 Å². The Labute approximate surface area is 132 Å². The van der Waals surface area contributed by atoms with Gasteiger partial charge in [0.15, 0.2) is 0 Å². The molecule has 1 aliphatic heterocycles. The fourth-order valence-corrected chi connectivity index (χ4v) is 2.06. The minimum Gasteiger partial charge on any atom is -0.507 e. The summed E-state index contributed by atoms with van der Waals surface area (Å²) in [6, 6.07) is 7.20. The molecule has 22 heavy (non-hydrogen) atoms. The Balaban J connectivity index is 2.34. The summed E-state index contributed by atoms with van der Waals surface area (Å²) in [4.78, 5) is 9.16. The van der Waals surface area contributed by atoms with Crippen molar-refractivity contribution >= 4 is 11.7 Å². The zero-order chi connectivity index (χ0) is 15.9. The van der Waals surface area contributed by atoms with Crippen molar-refractivity contribution in [3.05, 3.63) is 53.1 Å². The average molecular weight is 297 g/mol. The smallest absolute Gasteiger partial charge is 0.138 e. The Morgan fingerprint density at radius 1 is 1.36 bits per heavy atom. The summed E-state index contributed by atoms with van der Waals surface area (Å²) in [6.45, 7) is 7.55. The molecule has 0 saturated heterocycles. The van der Waals surface area contributed by atoms with Crippen LogP contribution in [0.25, 0.3) is 0 Å². The Morgan fingerprint density at radius 3 is 2.82 bits per heavy atom. The van der Waals surface area contributed by atoms with Gasteiger partial charge in [0.2, 0.25) is 0 Å². The number of amidine groups is 2. The standard InChI is InChI=1S/C18H23N3O/c1-4-11-19-17-14(10-9-13(2)3)12-20-18(21-17)15-7-5-6-8-16(15)22/h5-10,22H,4,11-12H2,1-3H3,(H,19,20,21)/b14-10+. The molecule has 116 valence electrons. The Hall–Kier alpha value is -2.36. The highest BCUT2D eigenvalue weighted by Crippen LogP contribution is 2.18. The summed E-state index contributed by atoms with van der Waals surface area (Å²) in [5, 5.41) is 13.2. The minimum absolute atomic E-state index is 0.223. The van der Waals surface area contributed by atoms with Gasteiger partial charge in [0.1, 0.15) is 17.4 Å². The van der Waals surface area contributed by atoms with Gasteiger partial charge >= 0.3 is 0 Å². The molecular formula is C18H23N3O. The zero-order valence-electron chi connectivity index (χ0n) is 13.4. The highest BCUT2D eigenvalue weighted by atomic mass is 16.3. The van der Waals surface area contributed by atoms with E-state index in [1.54, 1.807) is 12.1 Å². The molecule has 1 heterocycles. The first-order valence-electron chi connectivity index (χ1n) is 7.60. The normalized spacial score (nSPS) is 18.0. The van der Waals surface area contributed by atoms with Gasteiger partial charge < -0.3 is 10.4 Å². The summed E-state index contributed by atoms with van der Waals surface area (Å²) in [7, 11) is 0. The van der Waals surface area contributed by atoms with Gasteiger partial charge in [0.05, 0.1) is 12.1 Å². The fraction of sp³-hybridized carbons (Fsp3) is 0.333. The minimum atomic E-state index is 0.223. The molecule has 0 atom stereocenters. The maximum atomic E-state index is 9.98. The largest absolute Gasteiger partial charge is 0.507 e. The molecule has 0 fully saturated rings. The van der Waals surface area contributed by atoms with Crippen LogP contribution in [-0.2, 0) is 0 Å². The molecule has 0 unspecified atom stereocenters. The van der Waals surface area contributed by atoms with Crippen LogP contribution in [0, 0.1) is 0 Å². The molecule has 1 aromatic carbocycles. The lowest BCUT2D eigenvalue weighted by atomic mass is 10.1. The molecule has 1 aliphatic rings. The van der Waals surface area contributed by atoms with E-state index in [9.17, 15) is 5.11 Å². The third-order valence-corrected chi connectivity index (χ3v) is 3.22. The number of hydrogen-bond acceptors (Lipinski definition) is 3. The van der Waals surface area contributed by atoms with Crippen molar-refractivity contribution < 1.29 is 5.11 Å². The maximum Gasteiger partial charge on any atom is 0.138 e. The first-order valence-corrected chi connectivity index (χ1v) is 7.60. The molecule has 0 saturated carbocycles. The van der Waals surface area contributed by atoms with Crippen LogP contribution in [0.15, 0.2) is 57.5 Å². The molecule has 2 N–H and O–H groups in total. The molecule has 0 aliphatic carbocycles. The molecule has 4 heteroatoms. The number of phenols is 1. The van der Waals surface area contributed by atoms with E-state index in [1.807, 2.05) is 12.1 Å². The van der Waals surface area contributed by atoms with E-state index in [4.69, 9.17) is 0 Å². The second-order valence-corrected chi connectivity index (χ2v) is 5.47. The molecule has 4 nitrogen and oxygen atoms in total. The van der Waals surface area contributed by atoms with Gasteiger partial charge in [-0.25, -0.2) is 0 Å². The number of allylic oxidation sites excluding steroid dienone is 3. The molecule has 1 aromatic rings. The Morgan fingerprint density at radius 2 is 2.14 bits per heavy atom. The molecule has 0 amide bonds. The van der Waals surface area contributed by atoms with Crippen molar-refractivity contribution in [2.24, 2.45) is 9.98 Å². The lowest BCUT2D eigenvalue weighted by Crippen LogP contribution is -2.37. The highest BCUT2D eigenvalue weighted by molar-refractivity contribution is 6.17. The van der Waals surface area contributed by atoms with Gasteiger partial charge in [-0.2, -0.15) is 0 Å². The van der Waals surface area contributed by atoms with Crippen LogP contribution >= 0.6 is 0 Å². The van der Waals surface area contributed by atoms with E-state index < -0.39 is 0 Å². The SMILES string of the molecule is CCCN=C1NC(c2ccccc2O)=NC/C1=C\C=C(C)C. The van der Waals surface area contributed by atoms with Crippen molar-refractivity contribution in [1.82, 2.24) is 5.32 Å². The predicted octanol–water partition coefficient (Wildman–Crippen LogP) is 3.44. The second kappa shape index (κ2) is 7.59. The Bertz CT molecular complexity index is 650. The van der Waals surface area contributed by atoms with Crippen molar-refractivity contribution in [3.63, 3.8) is 0 Å². The molecule has 0 spiro atoms. The van der Waals surface area contributed by atoms with Crippen molar-refractivity contribution in [1.29, 1.82) is 0 Å². The number of aliphatic imine (C=N–C) groups is 2. The van der Waals surface area contributed by atoms with Crippen LogP contribution in [0.1, 0.15) is 32.8 Å². The number of phenolic OH excluding ortho intramolecular Hbond substituents is 1. The molecule has 2 rings (SSSR count). The third kappa shape index (κ3) is 4.07. The summed E-state index contributed by atoms with van der Waals surface area (Å²) in [6.07, 6.45) is 5.12. The van der Waals surface area contributed by atoms with Crippen molar-refractivity contribution in [2.45, 2.75) is 27.2 Å². The van der Waals surface area contributed by atoms with Crippen LogP contribution in [0.5, 0.6) is 5.75 Å². The summed E-state index contributed by atoms with van der Waals surface area (Å²) >= 11 is 0. The number of para-hydroxylation sites is 1. The summed E-state index contributed by atoms with van der Waals surface area (Å²) in [5.74, 6) is 1.73. The number of benzene rings is 1. The topological polar surface area (TPSA) is 57.0 Å². The van der Waals surface area contributed by atoms with Gasteiger partial charge in [-0.3, -0.25) is 9.98 Å². The van der Waals surface area contributed by atoms with E-state index in [0.29, 0.717) is 17.9 Å². The van der Waals surface area contributed by atoms with Crippen LogP contribution < -0.4 is 5.32 Å². The average Bonchev–Trinajstić information content (AvgIpc) is 2.51. The monoisotopic (exact) mass is 297 g/mol. The summed E-state index contributed by atoms with van der Waals surface area (Å²) in [5.41, 5.74) is 3.00. The maximum absolute atomic E-state index is 9.98. The number of nitrogens with one attached hydrogen (secondary N) is 1. The number of rotatable bonds is 4. The van der Waals surface area contributed by atoms with Gasteiger partial charge in [-0.1, -0.05) is 36.8 Å². The predicted molar refractivity (Wildman–Crippen MR) is 92.8 cm³/mol. The lowest BCUT2D eigenvalue weighted by molar-refractivity contribution is 0.474. The van der Waals surface area contributed by atoms with Gasteiger partial charge in [-0.15, -0.1) is 0 Å². The summed E-state index contributed by atoms with van der Waals surface area (Å²) < 4.78 is 0. The van der Waals surface area contributed by atoms with E-state index in [0.717, 1.165) is 24.4 Å². The van der Waals surface area contributed by atoms with Crippen LogP contribution in [0.3, 0.4) is 0 Å². The molecule has 0 radical (unpaired) electrons. The molecular weight excluding hydrogens is 274 g/mol. The Kier molecular flexibility index (Phi) is 5.53. The third-order valence-electron chi connectivity index (χ3n) is 3.22. The second-order valence-electron chi connectivity index (χ2n) is 5.47. The quantitative estimate of drug-likeness (QED) is 0.894. The first-order chi connectivity index (χ1) is 10.6. The van der Waals surface area contributed by atoms with Gasteiger partial charge in [0, 0.05) is 12.1 Å². The fourth-order valence-electron chi connectivity index (χ4n) is 2.06. The first kappa shape index (κ1) is 16.0. The lowest BCUT2D eigenvalue weighted by Gasteiger charge is -2.20. The number of nitrogens with zero attached hydrogens (tertiary/aromatic N) is 2. The van der Waals surface area contributed by atoms with E-state index in [2.05, 4.69) is 48.2 Å². The highest BCUT2D eigenvalue weighted by Gasteiger charge is 2.18. The molecule has 0 aromatic heterocycles. The molecule has 0 bridgehead atoms. The van der Waals surface area contributed by atoms with E-state index in [1.165, 1.54) is 5.57 Å². The van der Waals surface area contributed by atoms with Crippen molar-refractivity contribution in [2.75, 3.05) is 13.1 Å². The van der Waals surface area contributed by atoms with Crippen LogP contribution in [0.4, 0.5) is 0 Å². The van der Waals surface area contributed by atoms with Gasteiger partial charge in [0.25, 0.3) is 0 Å². The van der Waals surface area contributed by atoms with E-state index in [-0.39, 0.29) is 5.75 Å². The number of hydrogen-bond donors (Lipinski definition) is 2. The number of aromatic hydroxyl groups is 1. The van der Waals surface area contributed by atoms with Crippen molar-refractivity contribution in [3.8, 4) is 5.75 Å². The van der Waals surface area contributed by atoms with Gasteiger partial charge in [-0.05, 0) is 32.4 Å². The van der Waals surface area contributed by atoms with Crippen LogP contribution in [0.2, 0.25) is 0 Å². The zero-order valence-corrected chi connectivity index (χ0v) is 13.4.